The van der Waals surface area contributed by atoms with E-state index in [4.69, 9.17) is 11.6 Å². The minimum atomic E-state index is -1.26. The SMILES string of the molecule is COC(=O)C(CC(c1ccc(Cl)cc1)c1c[nH]c2ccccc12)C(=O)O. The molecule has 1 aromatic heterocycles. The number of carboxylic acids is 1. The number of rotatable bonds is 6. The van der Waals surface area contributed by atoms with Crippen LogP contribution in [0.1, 0.15) is 23.5 Å². The number of ether oxygens (including phenoxy) is 1. The van der Waals surface area contributed by atoms with Crippen molar-refractivity contribution in [3.05, 3.63) is 70.9 Å². The number of esters is 1. The van der Waals surface area contributed by atoms with Gasteiger partial charge in [-0.25, -0.2) is 0 Å². The number of benzene rings is 2. The molecule has 0 saturated heterocycles. The first-order valence-corrected chi connectivity index (χ1v) is 8.51. The third-order valence-electron chi connectivity index (χ3n) is 4.52. The van der Waals surface area contributed by atoms with Gasteiger partial charge in [0.1, 0.15) is 0 Å². The van der Waals surface area contributed by atoms with Crippen molar-refractivity contribution in [2.75, 3.05) is 7.11 Å². The third kappa shape index (κ3) is 3.58. The maximum Gasteiger partial charge on any atom is 0.320 e. The first-order chi connectivity index (χ1) is 12.5. The highest BCUT2D eigenvalue weighted by atomic mass is 35.5. The number of para-hydroxylation sites is 1. The van der Waals surface area contributed by atoms with Gasteiger partial charge < -0.3 is 14.8 Å². The van der Waals surface area contributed by atoms with Gasteiger partial charge in [-0.1, -0.05) is 41.9 Å². The van der Waals surface area contributed by atoms with E-state index in [0.29, 0.717) is 5.02 Å². The lowest BCUT2D eigenvalue weighted by atomic mass is 9.83. The molecule has 26 heavy (non-hydrogen) atoms. The topological polar surface area (TPSA) is 79.4 Å². The normalized spacial score (nSPS) is 13.3. The van der Waals surface area contributed by atoms with Crippen molar-refractivity contribution in [2.24, 2.45) is 5.92 Å². The van der Waals surface area contributed by atoms with Crippen LogP contribution in [0.2, 0.25) is 5.02 Å². The van der Waals surface area contributed by atoms with Crippen LogP contribution in [0, 0.1) is 5.92 Å². The molecular weight excluding hydrogens is 354 g/mol. The number of fused-ring (bicyclic) bond motifs is 1. The molecule has 0 aliphatic rings. The molecule has 0 aliphatic heterocycles. The third-order valence-corrected chi connectivity index (χ3v) is 4.78. The monoisotopic (exact) mass is 371 g/mol. The van der Waals surface area contributed by atoms with Gasteiger partial charge in [0.15, 0.2) is 5.92 Å². The summed E-state index contributed by atoms with van der Waals surface area (Å²) in [6, 6.07) is 15.0. The predicted octanol–water partition coefficient (Wildman–Crippen LogP) is 4.22. The average Bonchev–Trinajstić information content (AvgIpc) is 3.07. The maximum atomic E-state index is 12.0. The number of hydrogen-bond acceptors (Lipinski definition) is 3. The Morgan fingerprint density at radius 1 is 1.15 bits per heavy atom. The van der Waals surface area contributed by atoms with Crippen molar-refractivity contribution in [3.8, 4) is 0 Å². The second kappa shape index (κ2) is 7.62. The predicted molar refractivity (Wildman–Crippen MR) is 99.4 cm³/mol. The van der Waals surface area contributed by atoms with Crippen molar-refractivity contribution in [3.63, 3.8) is 0 Å². The van der Waals surface area contributed by atoms with E-state index in [1.165, 1.54) is 7.11 Å². The van der Waals surface area contributed by atoms with Crippen LogP contribution in [0.5, 0.6) is 0 Å². The molecule has 0 bridgehead atoms. The standard InChI is InChI=1S/C20H18ClNO4/c1-26-20(25)16(19(23)24)10-15(12-6-8-13(21)9-7-12)17-11-22-18-5-3-2-4-14(17)18/h2-9,11,15-16,22H,10H2,1H3,(H,23,24). The highest BCUT2D eigenvalue weighted by molar-refractivity contribution is 6.30. The molecule has 2 atom stereocenters. The van der Waals surface area contributed by atoms with Crippen LogP contribution in [-0.2, 0) is 14.3 Å². The molecule has 2 unspecified atom stereocenters. The quantitative estimate of drug-likeness (QED) is 0.502. The van der Waals surface area contributed by atoms with Gasteiger partial charge in [-0.2, -0.15) is 0 Å². The van der Waals surface area contributed by atoms with Gasteiger partial charge in [0.05, 0.1) is 7.11 Å². The van der Waals surface area contributed by atoms with E-state index in [1.807, 2.05) is 42.6 Å². The van der Waals surface area contributed by atoms with Crippen LogP contribution in [0.3, 0.4) is 0 Å². The summed E-state index contributed by atoms with van der Waals surface area (Å²) in [6.07, 6.45) is 1.95. The minimum absolute atomic E-state index is 0.0888. The number of nitrogens with one attached hydrogen (secondary N) is 1. The lowest BCUT2D eigenvalue weighted by Crippen LogP contribution is -2.27. The molecule has 3 aromatic rings. The Morgan fingerprint density at radius 3 is 2.50 bits per heavy atom. The number of H-pyrrole nitrogens is 1. The van der Waals surface area contributed by atoms with Crippen molar-refractivity contribution >= 4 is 34.4 Å². The van der Waals surface area contributed by atoms with Gasteiger partial charge in [0.25, 0.3) is 0 Å². The Balaban J connectivity index is 2.08. The van der Waals surface area contributed by atoms with Crippen molar-refractivity contribution in [1.29, 1.82) is 0 Å². The number of halogens is 1. The number of carbonyl (C=O) groups is 2. The summed E-state index contributed by atoms with van der Waals surface area (Å²) in [5.41, 5.74) is 2.76. The zero-order valence-corrected chi connectivity index (χ0v) is 14.9. The Labute approximate surface area is 155 Å². The first kappa shape index (κ1) is 18.0. The Kier molecular flexibility index (Phi) is 5.28. The van der Waals surface area contributed by atoms with Crippen LogP contribution in [0.4, 0.5) is 0 Å². The van der Waals surface area contributed by atoms with Gasteiger partial charge in [0.2, 0.25) is 0 Å². The minimum Gasteiger partial charge on any atom is -0.481 e. The van der Waals surface area contributed by atoms with Crippen molar-refractivity contribution < 1.29 is 19.4 Å². The molecule has 5 nitrogen and oxygen atoms in total. The fourth-order valence-corrected chi connectivity index (χ4v) is 3.32. The Bertz CT molecular complexity index is 932. The highest BCUT2D eigenvalue weighted by Crippen LogP contribution is 2.36. The van der Waals surface area contributed by atoms with E-state index in [0.717, 1.165) is 22.0 Å². The second-order valence-electron chi connectivity index (χ2n) is 6.04. The van der Waals surface area contributed by atoms with Gasteiger partial charge in [0, 0.05) is 28.0 Å². The van der Waals surface area contributed by atoms with E-state index in [2.05, 4.69) is 9.72 Å². The van der Waals surface area contributed by atoms with Gasteiger partial charge in [-0.3, -0.25) is 9.59 Å². The largest absolute Gasteiger partial charge is 0.481 e. The van der Waals surface area contributed by atoms with E-state index in [1.54, 1.807) is 12.1 Å². The lowest BCUT2D eigenvalue weighted by molar-refractivity contribution is -0.157. The zero-order chi connectivity index (χ0) is 18.7. The molecule has 6 heteroatoms. The molecule has 0 fully saturated rings. The molecule has 2 aromatic carbocycles. The molecule has 0 radical (unpaired) electrons. The van der Waals surface area contributed by atoms with Crippen LogP contribution in [0.15, 0.2) is 54.7 Å². The van der Waals surface area contributed by atoms with E-state index < -0.39 is 17.9 Å². The van der Waals surface area contributed by atoms with Crippen LogP contribution < -0.4 is 0 Å². The van der Waals surface area contributed by atoms with E-state index in [-0.39, 0.29) is 12.3 Å². The number of aliphatic carboxylic acids is 1. The fourth-order valence-electron chi connectivity index (χ4n) is 3.20. The summed E-state index contributed by atoms with van der Waals surface area (Å²) in [4.78, 5) is 26.8. The number of methoxy groups -OCH3 is 1. The number of aromatic amines is 1. The van der Waals surface area contributed by atoms with Crippen molar-refractivity contribution in [1.82, 2.24) is 4.98 Å². The molecule has 0 amide bonds. The molecule has 3 rings (SSSR count). The summed E-state index contributed by atoms with van der Waals surface area (Å²) in [5.74, 6) is -3.51. The van der Waals surface area contributed by atoms with Crippen LogP contribution in [-0.4, -0.2) is 29.1 Å². The summed E-state index contributed by atoms with van der Waals surface area (Å²) in [5, 5.41) is 11.1. The summed E-state index contributed by atoms with van der Waals surface area (Å²) in [7, 11) is 1.20. The van der Waals surface area contributed by atoms with Gasteiger partial charge in [-0.15, -0.1) is 0 Å². The Hall–Kier alpha value is -2.79. The number of aromatic nitrogens is 1. The summed E-state index contributed by atoms with van der Waals surface area (Å²) in [6.45, 7) is 0. The molecule has 1 heterocycles. The lowest BCUT2D eigenvalue weighted by Gasteiger charge is -2.20. The molecule has 2 N–H and O–H groups in total. The van der Waals surface area contributed by atoms with Gasteiger partial charge in [-0.05, 0) is 35.7 Å². The number of carboxylic acid groups (broad SMARTS) is 1. The van der Waals surface area contributed by atoms with Crippen LogP contribution in [0.25, 0.3) is 10.9 Å². The molecule has 0 aliphatic carbocycles. The van der Waals surface area contributed by atoms with E-state index >= 15 is 0 Å². The van der Waals surface area contributed by atoms with E-state index in [9.17, 15) is 14.7 Å². The zero-order valence-electron chi connectivity index (χ0n) is 14.1. The Morgan fingerprint density at radius 2 is 1.85 bits per heavy atom. The smallest absolute Gasteiger partial charge is 0.320 e. The fraction of sp³-hybridized carbons (Fsp3) is 0.200. The second-order valence-corrected chi connectivity index (χ2v) is 6.48. The summed E-state index contributed by atoms with van der Waals surface area (Å²) >= 11 is 5.99. The number of hydrogen-bond donors (Lipinski definition) is 2. The maximum absolute atomic E-state index is 12.0. The van der Waals surface area contributed by atoms with Gasteiger partial charge >= 0.3 is 11.9 Å². The van der Waals surface area contributed by atoms with Crippen LogP contribution >= 0.6 is 11.6 Å². The molecule has 0 saturated carbocycles. The summed E-state index contributed by atoms with van der Waals surface area (Å²) < 4.78 is 4.69. The molecular formula is C20H18ClNO4. The van der Waals surface area contributed by atoms with Crippen molar-refractivity contribution in [2.45, 2.75) is 12.3 Å². The molecule has 0 spiro atoms. The number of carbonyl (C=O) groups excluding carboxylic acids is 1. The molecule has 134 valence electrons. The highest BCUT2D eigenvalue weighted by Gasteiger charge is 2.32. The average molecular weight is 372 g/mol. The first-order valence-electron chi connectivity index (χ1n) is 8.13.